The molecular formula is C10H14F6O. The molecule has 0 spiro atoms. The molecule has 0 saturated carbocycles. The van der Waals surface area contributed by atoms with Gasteiger partial charge in [0.2, 0.25) is 0 Å². The van der Waals surface area contributed by atoms with Gasteiger partial charge in [-0.1, -0.05) is 13.8 Å². The van der Waals surface area contributed by atoms with Crippen molar-refractivity contribution in [1.82, 2.24) is 0 Å². The number of allylic oxidation sites excluding steroid dienone is 2. The molecule has 0 bridgehead atoms. The highest BCUT2D eigenvalue weighted by Gasteiger charge is 2.38. The van der Waals surface area contributed by atoms with Gasteiger partial charge in [0.25, 0.3) is 0 Å². The summed E-state index contributed by atoms with van der Waals surface area (Å²) in [4.78, 5) is 0. The molecule has 0 rings (SSSR count). The van der Waals surface area contributed by atoms with Crippen LogP contribution < -0.4 is 0 Å². The SMILES string of the molecule is CCC(CC)O/C(=C\CC(F)(F)F)C(F)(F)F. The van der Waals surface area contributed by atoms with Crippen LogP contribution in [0.2, 0.25) is 0 Å². The molecule has 0 aliphatic carbocycles. The molecule has 0 radical (unpaired) electrons. The summed E-state index contributed by atoms with van der Waals surface area (Å²) >= 11 is 0. The maximum Gasteiger partial charge on any atom is 0.448 e. The molecule has 0 fully saturated rings. The minimum Gasteiger partial charge on any atom is -0.486 e. The Labute approximate surface area is 95.4 Å². The summed E-state index contributed by atoms with van der Waals surface area (Å²) in [7, 11) is 0. The molecule has 0 N–H and O–H groups in total. The second kappa shape index (κ2) is 6.16. The summed E-state index contributed by atoms with van der Waals surface area (Å²) in [6.07, 6.45) is -11.3. The van der Waals surface area contributed by atoms with Crippen LogP contribution in [0.5, 0.6) is 0 Å². The lowest BCUT2D eigenvalue weighted by Crippen LogP contribution is -2.21. The Morgan fingerprint density at radius 3 is 1.82 bits per heavy atom. The van der Waals surface area contributed by atoms with Gasteiger partial charge in [-0.2, -0.15) is 26.3 Å². The van der Waals surface area contributed by atoms with Gasteiger partial charge in [-0.3, -0.25) is 0 Å². The zero-order valence-corrected chi connectivity index (χ0v) is 9.45. The number of ether oxygens (including phenoxy) is 1. The molecule has 0 amide bonds. The topological polar surface area (TPSA) is 9.23 Å². The van der Waals surface area contributed by atoms with E-state index >= 15 is 0 Å². The van der Waals surface area contributed by atoms with Crippen molar-refractivity contribution in [3.63, 3.8) is 0 Å². The van der Waals surface area contributed by atoms with Gasteiger partial charge in [0.15, 0.2) is 5.76 Å². The highest BCUT2D eigenvalue weighted by Crippen LogP contribution is 2.31. The van der Waals surface area contributed by atoms with Gasteiger partial charge < -0.3 is 4.74 Å². The van der Waals surface area contributed by atoms with Crippen LogP contribution in [0.1, 0.15) is 33.1 Å². The number of rotatable bonds is 5. The summed E-state index contributed by atoms with van der Waals surface area (Å²) in [5, 5.41) is 0. The van der Waals surface area contributed by atoms with Crippen LogP contribution in [0.4, 0.5) is 26.3 Å². The van der Waals surface area contributed by atoms with E-state index in [1.54, 1.807) is 13.8 Å². The minimum absolute atomic E-state index is 0.0400. The standard InChI is InChI=1S/C10H14F6O/c1-3-7(4-2)17-8(10(14,15)16)5-6-9(11,12)13/h5,7H,3-4,6H2,1-2H3/b8-5-. The van der Waals surface area contributed by atoms with E-state index in [2.05, 4.69) is 4.74 Å². The first kappa shape index (κ1) is 16.1. The van der Waals surface area contributed by atoms with E-state index in [0.29, 0.717) is 12.8 Å². The molecule has 1 nitrogen and oxygen atoms in total. The first-order chi connectivity index (χ1) is 7.60. The first-order valence-corrected chi connectivity index (χ1v) is 5.10. The van der Waals surface area contributed by atoms with E-state index < -0.39 is 30.6 Å². The smallest absolute Gasteiger partial charge is 0.448 e. The fourth-order valence-electron chi connectivity index (χ4n) is 1.07. The van der Waals surface area contributed by atoms with E-state index in [1.165, 1.54) is 0 Å². The van der Waals surface area contributed by atoms with E-state index in [0.717, 1.165) is 0 Å². The van der Waals surface area contributed by atoms with Crippen LogP contribution in [0, 0.1) is 0 Å². The van der Waals surface area contributed by atoms with Gasteiger partial charge >= 0.3 is 12.4 Å². The molecule has 0 unspecified atom stereocenters. The maximum absolute atomic E-state index is 12.4. The molecule has 0 atom stereocenters. The molecular weight excluding hydrogens is 250 g/mol. The lowest BCUT2D eigenvalue weighted by molar-refractivity contribution is -0.145. The number of alkyl halides is 6. The van der Waals surface area contributed by atoms with Crippen LogP contribution in [-0.4, -0.2) is 18.5 Å². The molecule has 0 aromatic rings. The van der Waals surface area contributed by atoms with E-state index in [1.807, 2.05) is 0 Å². The summed E-state index contributed by atoms with van der Waals surface area (Å²) in [5.74, 6) is -1.57. The Kier molecular flexibility index (Phi) is 5.84. The highest BCUT2D eigenvalue weighted by molar-refractivity contribution is 5.02. The van der Waals surface area contributed by atoms with Gasteiger partial charge in [-0.15, -0.1) is 0 Å². The molecule has 0 saturated heterocycles. The predicted octanol–water partition coefficient (Wildman–Crippen LogP) is 4.59. The Morgan fingerprint density at radius 1 is 1.06 bits per heavy atom. The fourth-order valence-corrected chi connectivity index (χ4v) is 1.07. The number of hydrogen-bond donors (Lipinski definition) is 0. The van der Waals surface area contributed by atoms with Crippen molar-refractivity contribution in [3.8, 4) is 0 Å². The zero-order valence-electron chi connectivity index (χ0n) is 9.45. The van der Waals surface area contributed by atoms with E-state index in [4.69, 9.17) is 0 Å². The average Bonchev–Trinajstić information content (AvgIpc) is 2.14. The molecule has 0 aromatic heterocycles. The highest BCUT2D eigenvalue weighted by atomic mass is 19.4. The van der Waals surface area contributed by atoms with Crippen molar-refractivity contribution in [2.75, 3.05) is 0 Å². The van der Waals surface area contributed by atoms with Gasteiger partial charge in [0, 0.05) is 0 Å². The molecule has 0 aromatic carbocycles. The van der Waals surface area contributed by atoms with Crippen molar-refractivity contribution in [2.45, 2.75) is 51.6 Å². The summed E-state index contributed by atoms with van der Waals surface area (Å²) in [6, 6.07) is 0. The van der Waals surface area contributed by atoms with Gasteiger partial charge in [0.05, 0.1) is 12.5 Å². The summed E-state index contributed by atoms with van der Waals surface area (Å²) in [5.41, 5.74) is 0. The number of hydrogen-bond acceptors (Lipinski definition) is 1. The Morgan fingerprint density at radius 2 is 1.53 bits per heavy atom. The van der Waals surface area contributed by atoms with E-state index in [9.17, 15) is 26.3 Å². The zero-order chi connectivity index (χ0) is 13.7. The Hall–Kier alpha value is -0.880. The Balaban J connectivity index is 4.78. The molecule has 0 aliphatic heterocycles. The molecule has 102 valence electrons. The largest absolute Gasteiger partial charge is 0.486 e. The van der Waals surface area contributed by atoms with Gasteiger partial charge in [-0.05, 0) is 18.9 Å². The second-order valence-corrected chi connectivity index (χ2v) is 3.44. The summed E-state index contributed by atoms with van der Waals surface area (Å²) < 4.78 is 77.2. The minimum atomic E-state index is -4.89. The second-order valence-electron chi connectivity index (χ2n) is 3.44. The first-order valence-electron chi connectivity index (χ1n) is 5.10. The van der Waals surface area contributed by atoms with Crippen LogP contribution in [0.25, 0.3) is 0 Å². The van der Waals surface area contributed by atoms with Crippen molar-refractivity contribution >= 4 is 0 Å². The molecule has 17 heavy (non-hydrogen) atoms. The van der Waals surface area contributed by atoms with Crippen molar-refractivity contribution in [2.24, 2.45) is 0 Å². The third-order valence-electron chi connectivity index (χ3n) is 2.00. The third kappa shape index (κ3) is 7.12. The van der Waals surface area contributed by atoms with Crippen LogP contribution in [-0.2, 0) is 4.74 Å². The maximum atomic E-state index is 12.4. The molecule has 0 aliphatic rings. The third-order valence-corrected chi connectivity index (χ3v) is 2.00. The quantitative estimate of drug-likeness (QED) is 0.521. The molecule has 0 heterocycles. The van der Waals surface area contributed by atoms with Crippen molar-refractivity contribution in [1.29, 1.82) is 0 Å². The van der Waals surface area contributed by atoms with Crippen LogP contribution in [0.15, 0.2) is 11.8 Å². The van der Waals surface area contributed by atoms with Gasteiger partial charge in [-0.25, -0.2) is 0 Å². The number of halogens is 6. The molecule has 7 heteroatoms. The van der Waals surface area contributed by atoms with Gasteiger partial charge in [0.1, 0.15) is 0 Å². The predicted molar refractivity (Wildman–Crippen MR) is 50.3 cm³/mol. The lowest BCUT2D eigenvalue weighted by Gasteiger charge is -2.20. The Bertz CT molecular complexity index is 249. The monoisotopic (exact) mass is 264 g/mol. The van der Waals surface area contributed by atoms with E-state index in [-0.39, 0.29) is 6.08 Å². The average molecular weight is 264 g/mol. The van der Waals surface area contributed by atoms with Crippen molar-refractivity contribution in [3.05, 3.63) is 11.8 Å². The normalized spacial score (nSPS) is 14.3. The van der Waals surface area contributed by atoms with Crippen LogP contribution >= 0.6 is 0 Å². The fraction of sp³-hybridized carbons (Fsp3) is 0.800. The lowest BCUT2D eigenvalue weighted by atomic mass is 10.2. The van der Waals surface area contributed by atoms with Crippen LogP contribution in [0.3, 0.4) is 0 Å². The van der Waals surface area contributed by atoms with Crippen molar-refractivity contribution < 1.29 is 31.1 Å². The summed E-state index contributed by atoms with van der Waals surface area (Å²) in [6.45, 7) is 3.21.